The van der Waals surface area contributed by atoms with Gasteiger partial charge >= 0.3 is 0 Å². The molecule has 0 radical (unpaired) electrons. The number of benzene rings is 1. The Morgan fingerprint density at radius 1 is 1.25 bits per heavy atom. The maximum absolute atomic E-state index is 12.5. The lowest BCUT2D eigenvalue weighted by molar-refractivity contribution is -0.121. The minimum Gasteiger partial charge on any atom is -0.356 e. The number of aromatic nitrogens is 4. The summed E-state index contributed by atoms with van der Waals surface area (Å²) in [4.78, 5) is 28.6. The normalized spacial score (nSPS) is 10.9. The molecule has 1 amide bonds. The summed E-state index contributed by atoms with van der Waals surface area (Å²) in [5, 5.41) is 7.50. The van der Waals surface area contributed by atoms with Gasteiger partial charge in [-0.05, 0) is 18.6 Å². The van der Waals surface area contributed by atoms with Crippen molar-refractivity contribution in [2.24, 2.45) is 0 Å². The van der Waals surface area contributed by atoms with Gasteiger partial charge in [-0.25, -0.2) is 9.67 Å². The molecule has 0 aliphatic rings. The molecule has 1 aromatic carbocycles. The number of para-hydroxylation sites is 1. The Bertz CT molecular complexity index is 898. The molecule has 0 saturated carbocycles. The molecule has 7 heteroatoms. The minimum absolute atomic E-state index is 0.0659. The van der Waals surface area contributed by atoms with E-state index in [0.717, 1.165) is 12.1 Å². The summed E-state index contributed by atoms with van der Waals surface area (Å²) >= 11 is 0. The van der Waals surface area contributed by atoms with Crippen LogP contribution in [0.15, 0.2) is 47.7 Å². The standard InChI is InChI=1S/C17H19N5O2/c1-2-9-18-15(23)8-10-21-12-19-16-14(17(21)24)11-20-22(16)13-6-4-3-5-7-13/h3-7,11-12H,2,8-10H2,1H3,(H,18,23). The Kier molecular flexibility index (Phi) is 4.69. The van der Waals surface area contributed by atoms with Gasteiger partial charge in [0.25, 0.3) is 5.56 Å². The van der Waals surface area contributed by atoms with Crippen LogP contribution in [0.2, 0.25) is 0 Å². The Balaban J connectivity index is 1.85. The number of hydrogen-bond acceptors (Lipinski definition) is 4. The highest BCUT2D eigenvalue weighted by molar-refractivity contribution is 5.76. The third kappa shape index (κ3) is 3.19. The molecule has 1 N–H and O–H groups in total. The third-order valence-electron chi connectivity index (χ3n) is 3.71. The number of carbonyl (C=O) groups excluding carboxylic acids is 1. The minimum atomic E-state index is -0.189. The zero-order valence-electron chi connectivity index (χ0n) is 13.5. The van der Waals surface area contributed by atoms with Crippen molar-refractivity contribution in [1.29, 1.82) is 0 Å². The van der Waals surface area contributed by atoms with Crippen molar-refractivity contribution in [1.82, 2.24) is 24.6 Å². The topological polar surface area (TPSA) is 81.8 Å². The summed E-state index contributed by atoms with van der Waals surface area (Å²) in [5.74, 6) is -0.0659. The molecule has 24 heavy (non-hydrogen) atoms. The van der Waals surface area contributed by atoms with Crippen LogP contribution in [0.1, 0.15) is 19.8 Å². The molecule has 3 aromatic rings. The maximum atomic E-state index is 12.5. The van der Waals surface area contributed by atoms with E-state index in [4.69, 9.17) is 0 Å². The predicted molar refractivity (Wildman–Crippen MR) is 91.0 cm³/mol. The van der Waals surface area contributed by atoms with E-state index >= 15 is 0 Å². The van der Waals surface area contributed by atoms with Crippen molar-refractivity contribution in [3.05, 3.63) is 53.2 Å². The molecule has 2 heterocycles. The van der Waals surface area contributed by atoms with Crippen molar-refractivity contribution in [2.75, 3.05) is 6.54 Å². The SMILES string of the molecule is CCCNC(=O)CCn1cnc2c(cnn2-c2ccccc2)c1=O. The predicted octanol–water partition coefficient (Wildman–Crippen LogP) is 1.50. The lowest BCUT2D eigenvalue weighted by atomic mass is 10.3. The fourth-order valence-corrected chi connectivity index (χ4v) is 2.44. The highest BCUT2D eigenvalue weighted by atomic mass is 16.1. The number of rotatable bonds is 6. The van der Waals surface area contributed by atoms with Crippen molar-refractivity contribution in [2.45, 2.75) is 26.3 Å². The number of fused-ring (bicyclic) bond motifs is 1. The summed E-state index contributed by atoms with van der Waals surface area (Å²) in [6.07, 6.45) is 4.13. The van der Waals surface area contributed by atoms with E-state index in [1.54, 1.807) is 4.68 Å². The van der Waals surface area contributed by atoms with E-state index in [-0.39, 0.29) is 17.9 Å². The van der Waals surface area contributed by atoms with Gasteiger partial charge in [0, 0.05) is 19.5 Å². The van der Waals surface area contributed by atoms with Crippen LogP contribution in [-0.2, 0) is 11.3 Å². The summed E-state index contributed by atoms with van der Waals surface area (Å²) in [5.41, 5.74) is 1.17. The van der Waals surface area contributed by atoms with Gasteiger partial charge in [-0.1, -0.05) is 25.1 Å². The molecule has 3 rings (SSSR count). The summed E-state index contributed by atoms with van der Waals surface area (Å²) in [6, 6.07) is 9.52. The fraction of sp³-hybridized carbons (Fsp3) is 0.294. The molecular formula is C17H19N5O2. The molecular weight excluding hydrogens is 306 g/mol. The van der Waals surface area contributed by atoms with Gasteiger partial charge < -0.3 is 5.32 Å². The highest BCUT2D eigenvalue weighted by Gasteiger charge is 2.11. The number of amides is 1. The number of nitrogens with zero attached hydrogens (tertiary/aromatic N) is 4. The average molecular weight is 325 g/mol. The molecule has 2 aromatic heterocycles. The van der Waals surface area contributed by atoms with Crippen LogP contribution < -0.4 is 10.9 Å². The first-order chi connectivity index (χ1) is 11.7. The smallest absolute Gasteiger partial charge is 0.264 e. The number of nitrogens with one attached hydrogen (secondary N) is 1. The monoisotopic (exact) mass is 325 g/mol. The van der Waals surface area contributed by atoms with Crippen molar-refractivity contribution in [3.8, 4) is 5.69 Å². The summed E-state index contributed by atoms with van der Waals surface area (Å²) in [6.45, 7) is 2.94. The van der Waals surface area contributed by atoms with Gasteiger partial charge in [0.2, 0.25) is 5.91 Å². The second kappa shape index (κ2) is 7.08. The molecule has 0 aliphatic carbocycles. The molecule has 0 unspecified atom stereocenters. The Morgan fingerprint density at radius 2 is 2.04 bits per heavy atom. The van der Waals surface area contributed by atoms with Gasteiger partial charge in [0.1, 0.15) is 5.39 Å². The van der Waals surface area contributed by atoms with E-state index in [0.29, 0.717) is 24.1 Å². The molecule has 0 atom stereocenters. The first-order valence-corrected chi connectivity index (χ1v) is 7.96. The first-order valence-electron chi connectivity index (χ1n) is 7.96. The molecule has 0 bridgehead atoms. The molecule has 0 fully saturated rings. The van der Waals surface area contributed by atoms with Crippen molar-refractivity contribution in [3.63, 3.8) is 0 Å². The van der Waals surface area contributed by atoms with Crippen LogP contribution >= 0.6 is 0 Å². The second-order valence-electron chi connectivity index (χ2n) is 5.47. The van der Waals surface area contributed by atoms with Crippen LogP contribution in [0.3, 0.4) is 0 Å². The Hall–Kier alpha value is -2.96. The molecule has 0 spiro atoms. The molecule has 0 aliphatic heterocycles. The lowest BCUT2D eigenvalue weighted by Gasteiger charge is -2.07. The number of carbonyl (C=O) groups is 1. The number of hydrogen-bond donors (Lipinski definition) is 1. The summed E-state index contributed by atoms with van der Waals surface area (Å²) < 4.78 is 3.08. The largest absolute Gasteiger partial charge is 0.356 e. The quantitative estimate of drug-likeness (QED) is 0.744. The van der Waals surface area contributed by atoms with Crippen LogP contribution in [0.5, 0.6) is 0 Å². The zero-order chi connectivity index (χ0) is 16.9. The first kappa shape index (κ1) is 15.9. The van der Waals surface area contributed by atoms with Gasteiger partial charge in [-0.2, -0.15) is 5.10 Å². The van der Waals surface area contributed by atoms with E-state index in [1.807, 2.05) is 37.3 Å². The Morgan fingerprint density at radius 3 is 2.79 bits per heavy atom. The molecule has 0 saturated heterocycles. The van der Waals surface area contributed by atoms with Crippen molar-refractivity contribution < 1.29 is 4.79 Å². The van der Waals surface area contributed by atoms with Gasteiger partial charge in [-0.15, -0.1) is 0 Å². The van der Waals surface area contributed by atoms with Crippen LogP contribution in [-0.4, -0.2) is 31.8 Å². The molecule has 124 valence electrons. The zero-order valence-corrected chi connectivity index (χ0v) is 13.5. The van der Waals surface area contributed by atoms with Crippen LogP contribution in [0, 0.1) is 0 Å². The van der Waals surface area contributed by atoms with Gasteiger partial charge in [-0.3, -0.25) is 14.2 Å². The average Bonchev–Trinajstić information content (AvgIpc) is 3.05. The van der Waals surface area contributed by atoms with Gasteiger partial charge in [0.15, 0.2) is 5.65 Å². The van der Waals surface area contributed by atoms with E-state index in [9.17, 15) is 9.59 Å². The Labute approximate surface area is 138 Å². The highest BCUT2D eigenvalue weighted by Crippen LogP contribution is 2.12. The maximum Gasteiger partial charge on any atom is 0.264 e. The lowest BCUT2D eigenvalue weighted by Crippen LogP contribution is -2.28. The summed E-state index contributed by atoms with van der Waals surface area (Å²) in [7, 11) is 0. The van der Waals surface area contributed by atoms with E-state index in [2.05, 4.69) is 15.4 Å². The van der Waals surface area contributed by atoms with E-state index < -0.39 is 0 Å². The van der Waals surface area contributed by atoms with Crippen LogP contribution in [0.25, 0.3) is 16.7 Å². The number of aryl methyl sites for hydroxylation is 1. The second-order valence-corrected chi connectivity index (χ2v) is 5.47. The molecule has 7 nitrogen and oxygen atoms in total. The fourth-order valence-electron chi connectivity index (χ4n) is 2.44. The van der Waals surface area contributed by atoms with E-state index in [1.165, 1.54) is 17.1 Å². The third-order valence-corrected chi connectivity index (χ3v) is 3.71. The van der Waals surface area contributed by atoms with Crippen molar-refractivity contribution >= 4 is 16.9 Å². The van der Waals surface area contributed by atoms with Gasteiger partial charge in [0.05, 0.1) is 18.2 Å². The van der Waals surface area contributed by atoms with Crippen LogP contribution in [0.4, 0.5) is 0 Å².